The highest BCUT2D eigenvalue weighted by Gasteiger charge is 2.16. The third kappa shape index (κ3) is 2.90. The van der Waals surface area contributed by atoms with Crippen molar-refractivity contribution in [1.82, 2.24) is 0 Å². The quantitative estimate of drug-likeness (QED) is 0.758. The van der Waals surface area contributed by atoms with Crippen LogP contribution >= 0.6 is 11.3 Å². The summed E-state index contributed by atoms with van der Waals surface area (Å²) in [4.78, 5) is 12.0. The lowest BCUT2D eigenvalue weighted by molar-refractivity contribution is -0.139. The maximum atomic E-state index is 11.3. The van der Waals surface area contributed by atoms with E-state index in [2.05, 4.69) is 0 Å². The van der Waals surface area contributed by atoms with Crippen LogP contribution in [0.5, 0.6) is 0 Å². The molecule has 1 radical (unpaired) electrons. The van der Waals surface area contributed by atoms with E-state index in [1.807, 2.05) is 11.4 Å². The van der Waals surface area contributed by atoms with Crippen molar-refractivity contribution in [3.63, 3.8) is 0 Å². The molecule has 0 amide bonds. The molecule has 2 heterocycles. The van der Waals surface area contributed by atoms with Gasteiger partial charge < -0.3 is 9.47 Å². The van der Waals surface area contributed by atoms with E-state index in [0.717, 1.165) is 36.3 Å². The number of carbonyl (C=O) groups is 1. The average Bonchev–Trinajstić information content (AvgIpc) is 2.76. The molecule has 0 saturated carbocycles. The zero-order chi connectivity index (χ0) is 11.4. The minimum absolute atomic E-state index is 0.0782. The fraction of sp³-hybridized carbons (Fsp3) is 0.500. The number of ketones is 1. The van der Waals surface area contributed by atoms with E-state index in [4.69, 9.17) is 9.47 Å². The molecule has 0 aromatic carbocycles. The van der Waals surface area contributed by atoms with Crippen LogP contribution in [0.2, 0.25) is 0 Å². The summed E-state index contributed by atoms with van der Waals surface area (Å²) in [5, 5.41) is 1.90. The SMILES string of the molecule is CC(=O)c1sccc1[CH]OC1CCCCO1. The highest BCUT2D eigenvalue weighted by molar-refractivity contribution is 7.12. The predicted octanol–water partition coefficient (Wildman–Crippen LogP) is 3.00. The van der Waals surface area contributed by atoms with Crippen LogP contribution in [0.4, 0.5) is 0 Å². The first-order valence-electron chi connectivity index (χ1n) is 5.46. The van der Waals surface area contributed by atoms with Crippen LogP contribution in [-0.2, 0) is 9.47 Å². The summed E-state index contributed by atoms with van der Waals surface area (Å²) >= 11 is 1.44. The Balaban J connectivity index is 1.88. The second kappa shape index (κ2) is 5.57. The van der Waals surface area contributed by atoms with Gasteiger partial charge in [-0.2, -0.15) is 0 Å². The van der Waals surface area contributed by atoms with Crippen LogP contribution in [0, 0.1) is 6.61 Å². The first-order valence-corrected chi connectivity index (χ1v) is 6.34. The van der Waals surface area contributed by atoms with Gasteiger partial charge >= 0.3 is 0 Å². The van der Waals surface area contributed by atoms with Crippen molar-refractivity contribution in [3.8, 4) is 0 Å². The molecule has 1 aliphatic rings. The molecular formula is C12H15O3S. The first kappa shape index (κ1) is 11.8. The summed E-state index contributed by atoms with van der Waals surface area (Å²) in [6.07, 6.45) is 3.03. The highest BCUT2D eigenvalue weighted by Crippen LogP contribution is 2.22. The Kier molecular flexibility index (Phi) is 4.09. The monoisotopic (exact) mass is 239 g/mol. The van der Waals surface area contributed by atoms with Gasteiger partial charge in [0.25, 0.3) is 0 Å². The summed E-state index contributed by atoms with van der Waals surface area (Å²) in [7, 11) is 0. The molecule has 1 unspecified atom stereocenters. The van der Waals surface area contributed by atoms with Gasteiger partial charge in [-0.05, 0) is 37.6 Å². The number of carbonyl (C=O) groups excluding carboxylic acids is 1. The molecule has 87 valence electrons. The fourth-order valence-electron chi connectivity index (χ4n) is 1.67. The molecule has 1 aliphatic heterocycles. The molecule has 0 spiro atoms. The van der Waals surface area contributed by atoms with Gasteiger partial charge in [-0.1, -0.05) is 0 Å². The summed E-state index contributed by atoms with van der Waals surface area (Å²) in [5.74, 6) is 0.0782. The van der Waals surface area contributed by atoms with E-state index >= 15 is 0 Å². The Morgan fingerprint density at radius 2 is 2.50 bits per heavy atom. The highest BCUT2D eigenvalue weighted by atomic mass is 32.1. The number of hydrogen-bond acceptors (Lipinski definition) is 4. The standard InChI is InChI=1S/C12H15O3S/c1-9(13)12-10(5-7-16-12)8-15-11-4-2-3-6-14-11/h5,7-8,11H,2-4,6H2,1H3. The maximum absolute atomic E-state index is 11.3. The van der Waals surface area contributed by atoms with Crippen LogP contribution in [-0.4, -0.2) is 18.7 Å². The number of ether oxygens (including phenoxy) is 2. The lowest BCUT2D eigenvalue weighted by atomic mass is 10.2. The van der Waals surface area contributed by atoms with Crippen molar-refractivity contribution >= 4 is 17.1 Å². The van der Waals surface area contributed by atoms with Crippen LogP contribution in [0.25, 0.3) is 0 Å². The van der Waals surface area contributed by atoms with Crippen molar-refractivity contribution in [1.29, 1.82) is 0 Å². The Morgan fingerprint density at radius 1 is 1.62 bits per heavy atom. The Bertz CT molecular complexity index is 353. The molecular weight excluding hydrogens is 224 g/mol. The van der Waals surface area contributed by atoms with Gasteiger partial charge in [0.2, 0.25) is 0 Å². The molecule has 3 nitrogen and oxygen atoms in total. The second-order valence-electron chi connectivity index (χ2n) is 3.81. The minimum atomic E-state index is -0.145. The molecule has 16 heavy (non-hydrogen) atoms. The zero-order valence-corrected chi connectivity index (χ0v) is 10.1. The number of rotatable bonds is 4. The molecule has 0 aliphatic carbocycles. The third-order valence-corrected chi connectivity index (χ3v) is 3.53. The van der Waals surface area contributed by atoms with Gasteiger partial charge in [-0.15, -0.1) is 11.3 Å². The van der Waals surface area contributed by atoms with Crippen molar-refractivity contribution in [2.45, 2.75) is 32.5 Å². The molecule has 4 heteroatoms. The molecule has 0 N–H and O–H groups in total. The van der Waals surface area contributed by atoms with E-state index in [1.54, 1.807) is 13.5 Å². The molecule has 0 bridgehead atoms. The minimum Gasteiger partial charge on any atom is -0.353 e. The third-order valence-electron chi connectivity index (χ3n) is 2.50. The van der Waals surface area contributed by atoms with E-state index in [9.17, 15) is 4.79 Å². The van der Waals surface area contributed by atoms with Crippen LogP contribution in [0.1, 0.15) is 41.4 Å². The Hall–Kier alpha value is -0.710. The molecule has 2 rings (SSSR count). The first-order chi connectivity index (χ1) is 7.77. The van der Waals surface area contributed by atoms with Crippen LogP contribution in [0.3, 0.4) is 0 Å². The van der Waals surface area contributed by atoms with Gasteiger partial charge in [0.05, 0.1) is 4.88 Å². The summed E-state index contributed by atoms with van der Waals surface area (Å²) < 4.78 is 11.0. The van der Waals surface area contributed by atoms with Crippen LogP contribution in [0.15, 0.2) is 11.4 Å². The van der Waals surface area contributed by atoms with Gasteiger partial charge in [-0.25, -0.2) is 0 Å². The van der Waals surface area contributed by atoms with Crippen molar-refractivity contribution < 1.29 is 14.3 Å². The molecule has 1 saturated heterocycles. The van der Waals surface area contributed by atoms with E-state index in [1.165, 1.54) is 11.3 Å². The van der Waals surface area contributed by atoms with Gasteiger partial charge in [0.15, 0.2) is 12.1 Å². The van der Waals surface area contributed by atoms with Gasteiger partial charge in [0.1, 0.15) is 6.61 Å². The normalized spacial score (nSPS) is 20.9. The Labute approximate surface area is 99.4 Å². The molecule has 1 fully saturated rings. The lowest BCUT2D eigenvalue weighted by Gasteiger charge is -2.22. The van der Waals surface area contributed by atoms with Crippen LogP contribution < -0.4 is 0 Å². The van der Waals surface area contributed by atoms with E-state index < -0.39 is 0 Å². The summed E-state index contributed by atoms with van der Waals surface area (Å²) in [6, 6.07) is 1.89. The van der Waals surface area contributed by atoms with Crippen molar-refractivity contribution in [2.24, 2.45) is 0 Å². The lowest BCUT2D eigenvalue weighted by Crippen LogP contribution is -2.21. The summed E-state index contributed by atoms with van der Waals surface area (Å²) in [5.41, 5.74) is 0.853. The van der Waals surface area contributed by atoms with E-state index in [-0.39, 0.29) is 12.1 Å². The second-order valence-corrected chi connectivity index (χ2v) is 4.73. The average molecular weight is 239 g/mol. The predicted molar refractivity (Wildman–Crippen MR) is 62.4 cm³/mol. The van der Waals surface area contributed by atoms with Crippen molar-refractivity contribution in [2.75, 3.05) is 6.61 Å². The number of thiophene rings is 1. The molecule has 1 atom stereocenters. The largest absolute Gasteiger partial charge is 0.353 e. The fourth-order valence-corrected chi connectivity index (χ4v) is 2.43. The number of Topliss-reactive ketones (excluding diaryl/α,β-unsaturated/α-hetero) is 1. The number of hydrogen-bond donors (Lipinski definition) is 0. The molecule has 1 aromatic heterocycles. The molecule has 1 aromatic rings. The summed E-state index contributed by atoms with van der Waals surface area (Å²) in [6.45, 7) is 3.98. The van der Waals surface area contributed by atoms with E-state index in [0.29, 0.717) is 0 Å². The zero-order valence-electron chi connectivity index (χ0n) is 9.27. The Morgan fingerprint density at radius 3 is 3.19 bits per heavy atom. The maximum Gasteiger partial charge on any atom is 0.170 e. The van der Waals surface area contributed by atoms with Crippen molar-refractivity contribution in [3.05, 3.63) is 28.5 Å². The smallest absolute Gasteiger partial charge is 0.170 e. The van der Waals surface area contributed by atoms with Gasteiger partial charge in [-0.3, -0.25) is 4.79 Å². The van der Waals surface area contributed by atoms with Gasteiger partial charge in [0, 0.05) is 12.2 Å². The topological polar surface area (TPSA) is 35.5 Å².